The van der Waals surface area contributed by atoms with E-state index in [0.717, 1.165) is 39.2 Å². The van der Waals surface area contributed by atoms with E-state index in [1.165, 1.54) is 5.56 Å². The van der Waals surface area contributed by atoms with Gasteiger partial charge in [0.2, 0.25) is 0 Å². The van der Waals surface area contributed by atoms with Crippen molar-refractivity contribution in [2.75, 3.05) is 5.32 Å². The number of amides is 1. The van der Waals surface area contributed by atoms with Gasteiger partial charge in [-0.3, -0.25) is 4.79 Å². The van der Waals surface area contributed by atoms with Crippen LogP contribution in [0, 0.1) is 6.92 Å². The van der Waals surface area contributed by atoms with Gasteiger partial charge in [0, 0.05) is 27.7 Å². The average Bonchev–Trinajstić information content (AvgIpc) is 3.04. The average molecular weight is 466 g/mol. The zero-order valence-electron chi connectivity index (χ0n) is 17.3. The Morgan fingerprint density at radius 1 is 1.13 bits per heavy atom. The third-order valence-electron chi connectivity index (χ3n) is 5.08. The first-order valence-corrected chi connectivity index (χ1v) is 10.7. The fourth-order valence-corrected chi connectivity index (χ4v) is 3.79. The van der Waals surface area contributed by atoms with Gasteiger partial charge in [-0.1, -0.05) is 40.2 Å². The van der Waals surface area contributed by atoms with Gasteiger partial charge >= 0.3 is 0 Å². The van der Waals surface area contributed by atoms with Crippen molar-refractivity contribution in [3.8, 4) is 11.5 Å². The Hall–Kier alpha value is -2.79. The highest BCUT2D eigenvalue weighted by molar-refractivity contribution is 9.10. The minimum Gasteiger partial charge on any atom is -0.485 e. The summed E-state index contributed by atoms with van der Waals surface area (Å²) in [7, 11) is 0. The number of aryl methyl sites for hydroxylation is 1. The first kappa shape index (κ1) is 20.5. The number of rotatable bonds is 5. The van der Waals surface area contributed by atoms with Crippen LogP contribution >= 0.6 is 15.9 Å². The molecule has 0 aliphatic carbocycles. The molecule has 154 valence electrons. The molecule has 0 unspecified atom stereocenters. The van der Waals surface area contributed by atoms with Gasteiger partial charge in [0.05, 0.1) is 0 Å². The van der Waals surface area contributed by atoms with Crippen LogP contribution in [0.15, 0.2) is 65.1 Å². The van der Waals surface area contributed by atoms with Crippen LogP contribution in [0.4, 0.5) is 5.69 Å². The molecule has 1 aliphatic rings. The number of hydrogen-bond acceptors (Lipinski definition) is 3. The van der Waals surface area contributed by atoms with E-state index >= 15 is 0 Å². The maximum atomic E-state index is 12.5. The molecular weight excluding hydrogens is 442 g/mol. The molecule has 5 heteroatoms. The number of nitrogens with one attached hydrogen (secondary N) is 1. The van der Waals surface area contributed by atoms with Gasteiger partial charge in [-0.2, -0.15) is 0 Å². The summed E-state index contributed by atoms with van der Waals surface area (Å²) >= 11 is 3.47. The van der Waals surface area contributed by atoms with Crippen LogP contribution in [0.5, 0.6) is 11.5 Å². The topological polar surface area (TPSA) is 47.6 Å². The summed E-state index contributed by atoms with van der Waals surface area (Å²) in [6.45, 7) is 6.56. The molecule has 1 aliphatic heterocycles. The van der Waals surface area contributed by atoms with Crippen LogP contribution in [-0.2, 0) is 13.0 Å². The van der Waals surface area contributed by atoms with Crippen molar-refractivity contribution in [1.29, 1.82) is 0 Å². The van der Waals surface area contributed by atoms with E-state index in [9.17, 15) is 4.79 Å². The minimum absolute atomic E-state index is 0.138. The van der Waals surface area contributed by atoms with E-state index in [-0.39, 0.29) is 11.5 Å². The second kappa shape index (κ2) is 8.15. The summed E-state index contributed by atoms with van der Waals surface area (Å²) in [5.74, 6) is 1.45. The minimum atomic E-state index is -0.204. The van der Waals surface area contributed by atoms with E-state index in [0.29, 0.717) is 12.2 Å². The lowest BCUT2D eigenvalue weighted by Crippen LogP contribution is -2.24. The summed E-state index contributed by atoms with van der Waals surface area (Å²) in [4.78, 5) is 12.5. The number of carbonyl (C=O) groups excluding carboxylic acids is 1. The van der Waals surface area contributed by atoms with Crippen LogP contribution in [0.2, 0.25) is 0 Å². The van der Waals surface area contributed by atoms with Crippen molar-refractivity contribution in [3.05, 3.63) is 87.4 Å². The first-order chi connectivity index (χ1) is 14.3. The molecule has 0 aromatic heterocycles. The number of para-hydroxylation sites is 1. The number of hydrogen-bond donors (Lipinski definition) is 1. The third kappa shape index (κ3) is 4.51. The molecule has 1 amide bonds. The van der Waals surface area contributed by atoms with Crippen LogP contribution in [0.1, 0.15) is 40.9 Å². The number of fused-ring (bicyclic) bond motifs is 1. The Balaban J connectivity index is 1.39. The summed E-state index contributed by atoms with van der Waals surface area (Å²) in [6, 6.07) is 19.2. The first-order valence-electron chi connectivity index (χ1n) is 9.91. The maximum Gasteiger partial charge on any atom is 0.255 e. The van der Waals surface area contributed by atoms with E-state index in [2.05, 4.69) is 41.2 Å². The molecular formula is C25H24BrNO3. The lowest BCUT2D eigenvalue weighted by molar-refractivity contribution is 0.102. The summed E-state index contributed by atoms with van der Waals surface area (Å²) in [6.07, 6.45) is 0.876. The molecule has 3 aromatic rings. The van der Waals surface area contributed by atoms with Gasteiger partial charge in [0.1, 0.15) is 12.2 Å². The van der Waals surface area contributed by atoms with Crippen molar-refractivity contribution < 1.29 is 14.3 Å². The molecule has 1 heterocycles. The number of ether oxygens (including phenoxy) is 2. The Morgan fingerprint density at radius 3 is 2.63 bits per heavy atom. The SMILES string of the molecule is Cc1cc(NC(=O)c2ccc(COc3cccc4c3OC(C)(C)C4)cc2)ccc1Br. The van der Waals surface area contributed by atoms with Gasteiger partial charge in [-0.25, -0.2) is 0 Å². The summed E-state index contributed by atoms with van der Waals surface area (Å²) < 4.78 is 13.1. The standard InChI is InChI=1S/C25H24BrNO3/c1-16-13-20(11-12-21(16)26)27-24(28)18-9-7-17(8-10-18)15-29-22-6-4-5-19-14-25(2,3)30-23(19)22/h4-13H,14-15H2,1-3H3,(H,27,28). The highest BCUT2D eigenvalue weighted by Gasteiger charge is 2.32. The van der Waals surface area contributed by atoms with Crippen molar-refractivity contribution in [1.82, 2.24) is 0 Å². The highest BCUT2D eigenvalue weighted by atomic mass is 79.9. The van der Waals surface area contributed by atoms with Crippen molar-refractivity contribution in [3.63, 3.8) is 0 Å². The Labute approximate surface area is 185 Å². The fourth-order valence-electron chi connectivity index (χ4n) is 3.54. The summed E-state index contributed by atoms with van der Waals surface area (Å²) in [5.41, 5.74) is 4.40. The predicted octanol–water partition coefficient (Wildman–Crippen LogP) is 6.30. The van der Waals surface area contributed by atoms with Gasteiger partial charge in [0.15, 0.2) is 11.5 Å². The molecule has 1 N–H and O–H groups in total. The monoisotopic (exact) mass is 465 g/mol. The lowest BCUT2D eigenvalue weighted by Gasteiger charge is -2.18. The number of benzene rings is 3. The molecule has 0 saturated heterocycles. The molecule has 0 radical (unpaired) electrons. The molecule has 30 heavy (non-hydrogen) atoms. The second-order valence-corrected chi connectivity index (χ2v) is 9.04. The zero-order chi connectivity index (χ0) is 21.3. The molecule has 0 atom stereocenters. The van der Waals surface area contributed by atoms with E-state index in [4.69, 9.17) is 9.47 Å². The third-order valence-corrected chi connectivity index (χ3v) is 5.97. The van der Waals surface area contributed by atoms with E-state index in [1.54, 1.807) is 0 Å². The molecule has 4 nitrogen and oxygen atoms in total. The predicted molar refractivity (Wildman–Crippen MR) is 122 cm³/mol. The number of halogens is 1. The molecule has 0 spiro atoms. The van der Waals surface area contributed by atoms with Crippen LogP contribution in [0.3, 0.4) is 0 Å². The van der Waals surface area contributed by atoms with Gasteiger partial charge < -0.3 is 14.8 Å². The Kier molecular flexibility index (Phi) is 5.56. The van der Waals surface area contributed by atoms with Crippen molar-refractivity contribution >= 4 is 27.5 Å². The van der Waals surface area contributed by atoms with Gasteiger partial charge in [-0.05, 0) is 68.3 Å². The largest absolute Gasteiger partial charge is 0.485 e. The Bertz CT molecular complexity index is 1090. The Morgan fingerprint density at radius 2 is 1.90 bits per heavy atom. The molecule has 3 aromatic carbocycles. The second-order valence-electron chi connectivity index (χ2n) is 8.19. The van der Waals surface area contributed by atoms with Crippen LogP contribution in [-0.4, -0.2) is 11.5 Å². The number of anilines is 1. The van der Waals surface area contributed by atoms with Crippen LogP contribution in [0.25, 0.3) is 0 Å². The molecule has 0 saturated carbocycles. The highest BCUT2D eigenvalue weighted by Crippen LogP contribution is 2.41. The smallest absolute Gasteiger partial charge is 0.255 e. The lowest BCUT2D eigenvalue weighted by atomic mass is 10.0. The van der Waals surface area contributed by atoms with Crippen molar-refractivity contribution in [2.24, 2.45) is 0 Å². The molecule has 0 bridgehead atoms. The van der Waals surface area contributed by atoms with E-state index in [1.807, 2.05) is 61.5 Å². The molecule has 0 fully saturated rings. The molecule has 4 rings (SSSR count). The zero-order valence-corrected chi connectivity index (χ0v) is 18.9. The maximum absolute atomic E-state index is 12.5. The normalized spacial score (nSPS) is 14.0. The van der Waals surface area contributed by atoms with Gasteiger partial charge in [0.25, 0.3) is 5.91 Å². The fraction of sp³-hybridized carbons (Fsp3) is 0.240. The quantitative estimate of drug-likeness (QED) is 0.480. The summed E-state index contributed by atoms with van der Waals surface area (Å²) in [5, 5.41) is 2.93. The van der Waals surface area contributed by atoms with Gasteiger partial charge in [-0.15, -0.1) is 0 Å². The van der Waals surface area contributed by atoms with Crippen molar-refractivity contribution in [2.45, 2.75) is 39.4 Å². The number of carbonyl (C=O) groups is 1. The van der Waals surface area contributed by atoms with Crippen LogP contribution < -0.4 is 14.8 Å². The van der Waals surface area contributed by atoms with E-state index < -0.39 is 0 Å².